The van der Waals surface area contributed by atoms with Crippen molar-refractivity contribution < 1.29 is 9.53 Å². The van der Waals surface area contributed by atoms with Crippen LogP contribution < -0.4 is 0 Å². The minimum Gasteiger partial charge on any atom is -0.461 e. The molecule has 1 aliphatic carbocycles. The van der Waals surface area contributed by atoms with Crippen LogP contribution in [0.2, 0.25) is 0 Å². The normalized spacial score (nSPS) is 19.8. The first kappa shape index (κ1) is 13.1. The standard InChI is InChI=1S/C14H22N2O2/c1-4-18-14(17)13-11-9-7-5-6-8-10(2)12(11)15-16(13)3/h10H,4-9H2,1-3H3. The van der Waals surface area contributed by atoms with Crippen LogP contribution >= 0.6 is 0 Å². The van der Waals surface area contributed by atoms with Crippen LogP contribution in [0.25, 0.3) is 0 Å². The molecular formula is C14H22N2O2. The number of nitrogens with zero attached hydrogens (tertiary/aromatic N) is 2. The minimum absolute atomic E-state index is 0.235. The fourth-order valence-electron chi connectivity index (χ4n) is 2.75. The van der Waals surface area contributed by atoms with E-state index in [1.807, 2.05) is 14.0 Å². The number of aryl methyl sites for hydroxylation is 1. The van der Waals surface area contributed by atoms with Crippen molar-refractivity contribution in [2.45, 2.75) is 51.9 Å². The summed E-state index contributed by atoms with van der Waals surface area (Å²) in [7, 11) is 1.84. The minimum atomic E-state index is -0.235. The summed E-state index contributed by atoms with van der Waals surface area (Å²) in [5.41, 5.74) is 2.86. The maximum atomic E-state index is 12.0. The molecule has 1 unspecified atom stereocenters. The summed E-state index contributed by atoms with van der Waals surface area (Å²) < 4.78 is 6.84. The molecule has 1 aliphatic rings. The number of rotatable bonds is 2. The molecule has 1 atom stereocenters. The smallest absolute Gasteiger partial charge is 0.356 e. The van der Waals surface area contributed by atoms with Gasteiger partial charge in [-0.3, -0.25) is 4.68 Å². The molecule has 0 spiro atoms. The van der Waals surface area contributed by atoms with E-state index in [0.29, 0.717) is 18.2 Å². The van der Waals surface area contributed by atoms with Gasteiger partial charge in [-0.15, -0.1) is 0 Å². The van der Waals surface area contributed by atoms with Gasteiger partial charge in [0, 0.05) is 18.5 Å². The maximum Gasteiger partial charge on any atom is 0.356 e. The molecule has 0 saturated carbocycles. The summed E-state index contributed by atoms with van der Waals surface area (Å²) in [6.45, 7) is 4.45. The predicted octanol–water partition coefficient (Wildman–Crippen LogP) is 2.82. The Balaban J connectivity index is 2.41. The number of carbonyl (C=O) groups excluding carboxylic acids is 1. The van der Waals surface area contributed by atoms with E-state index in [1.54, 1.807) is 4.68 Å². The number of hydrogen-bond acceptors (Lipinski definition) is 3. The third-order valence-electron chi connectivity index (χ3n) is 3.68. The number of fused-ring (bicyclic) bond motifs is 1. The molecule has 0 amide bonds. The highest BCUT2D eigenvalue weighted by molar-refractivity contribution is 5.89. The second-order valence-electron chi connectivity index (χ2n) is 5.06. The largest absolute Gasteiger partial charge is 0.461 e. The van der Waals surface area contributed by atoms with Gasteiger partial charge in [-0.2, -0.15) is 5.10 Å². The van der Waals surface area contributed by atoms with Gasteiger partial charge in [0.1, 0.15) is 5.69 Å². The lowest BCUT2D eigenvalue weighted by molar-refractivity contribution is 0.0512. The lowest BCUT2D eigenvalue weighted by Gasteiger charge is -2.15. The van der Waals surface area contributed by atoms with Crippen molar-refractivity contribution in [1.29, 1.82) is 0 Å². The fourth-order valence-corrected chi connectivity index (χ4v) is 2.75. The fraction of sp³-hybridized carbons (Fsp3) is 0.714. The van der Waals surface area contributed by atoms with Crippen molar-refractivity contribution in [1.82, 2.24) is 9.78 Å². The van der Waals surface area contributed by atoms with Crippen molar-refractivity contribution in [3.63, 3.8) is 0 Å². The van der Waals surface area contributed by atoms with E-state index < -0.39 is 0 Å². The van der Waals surface area contributed by atoms with Gasteiger partial charge in [0.25, 0.3) is 0 Å². The second kappa shape index (κ2) is 5.55. The number of hydrogen-bond donors (Lipinski definition) is 0. The Labute approximate surface area is 108 Å². The van der Waals surface area contributed by atoms with Gasteiger partial charge in [0.2, 0.25) is 0 Å². The molecule has 18 heavy (non-hydrogen) atoms. The SMILES string of the molecule is CCOC(=O)c1c2c(nn1C)C(C)CCCCC2. The van der Waals surface area contributed by atoms with E-state index in [0.717, 1.165) is 30.5 Å². The summed E-state index contributed by atoms with van der Waals surface area (Å²) in [5.74, 6) is 0.205. The molecule has 1 aromatic rings. The van der Waals surface area contributed by atoms with Crippen molar-refractivity contribution >= 4 is 5.97 Å². The molecule has 0 bridgehead atoms. The van der Waals surface area contributed by atoms with Crippen molar-refractivity contribution in [3.8, 4) is 0 Å². The van der Waals surface area contributed by atoms with Crippen LogP contribution in [0.3, 0.4) is 0 Å². The number of ether oxygens (including phenoxy) is 1. The van der Waals surface area contributed by atoms with Gasteiger partial charge in [-0.05, 0) is 26.2 Å². The highest BCUT2D eigenvalue weighted by Crippen LogP contribution is 2.30. The second-order valence-corrected chi connectivity index (χ2v) is 5.06. The van der Waals surface area contributed by atoms with Gasteiger partial charge in [0.05, 0.1) is 12.3 Å². The summed E-state index contributed by atoms with van der Waals surface area (Å²) >= 11 is 0. The quantitative estimate of drug-likeness (QED) is 0.758. The lowest BCUT2D eigenvalue weighted by atomic mass is 9.90. The Bertz CT molecular complexity index is 437. The Morgan fingerprint density at radius 2 is 2.22 bits per heavy atom. The highest BCUT2D eigenvalue weighted by atomic mass is 16.5. The van der Waals surface area contributed by atoms with Gasteiger partial charge in [-0.25, -0.2) is 4.79 Å². The third kappa shape index (κ3) is 2.42. The van der Waals surface area contributed by atoms with Gasteiger partial charge >= 0.3 is 5.97 Å². The van der Waals surface area contributed by atoms with Crippen LogP contribution in [-0.2, 0) is 18.2 Å². The van der Waals surface area contributed by atoms with E-state index in [1.165, 1.54) is 12.8 Å². The molecular weight excluding hydrogens is 228 g/mol. The zero-order valence-corrected chi connectivity index (χ0v) is 11.5. The van der Waals surface area contributed by atoms with Crippen molar-refractivity contribution in [3.05, 3.63) is 17.0 Å². The summed E-state index contributed by atoms with van der Waals surface area (Å²) in [6, 6.07) is 0. The van der Waals surface area contributed by atoms with Crippen LogP contribution in [0.5, 0.6) is 0 Å². The predicted molar refractivity (Wildman–Crippen MR) is 69.8 cm³/mol. The average Bonchev–Trinajstić information content (AvgIpc) is 2.63. The first-order valence-electron chi connectivity index (χ1n) is 6.88. The van der Waals surface area contributed by atoms with Gasteiger partial charge < -0.3 is 4.74 Å². The van der Waals surface area contributed by atoms with Crippen LogP contribution in [0, 0.1) is 0 Å². The molecule has 4 heteroatoms. The number of carbonyl (C=O) groups is 1. The Kier molecular flexibility index (Phi) is 4.04. The Hall–Kier alpha value is -1.32. The topological polar surface area (TPSA) is 44.1 Å². The van der Waals surface area contributed by atoms with Gasteiger partial charge in [-0.1, -0.05) is 19.8 Å². The van der Waals surface area contributed by atoms with E-state index in [2.05, 4.69) is 12.0 Å². The third-order valence-corrected chi connectivity index (χ3v) is 3.68. The molecule has 4 nitrogen and oxygen atoms in total. The molecule has 1 aromatic heterocycles. The Morgan fingerprint density at radius 1 is 1.44 bits per heavy atom. The van der Waals surface area contributed by atoms with Crippen molar-refractivity contribution in [2.75, 3.05) is 6.61 Å². The molecule has 0 saturated heterocycles. The van der Waals surface area contributed by atoms with Crippen LogP contribution in [0.4, 0.5) is 0 Å². The van der Waals surface area contributed by atoms with E-state index in [9.17, 15) is 4.79 Å². The molecule has 0 fully saturated rings. The molecule has 0 aromatic carbocycles. The van der Waals surface area contributed by atoms with Crippen LogP contribution in [-0.4, -0.2) is 22.4 Å². The molecule has 0 radical (unpaired) electrons. The molecule has 0 aliphatic heterocycles. The zero-order valence-electron chi connectivity index (χ0n) is 11.5. The number of aromatic nitrogens is 2. The molecule has 1 heterocycles. The zero-order chi connectivity index (χ0) is 13.1. The average molecular weight is 250 g/mol. The summed E-state index contributed by atoms with van der Waals surface area (Å²) in [5, 5.41) is 4.55. The molecule has 2 rings (SSSR count). The summed E-state index contributed by atoms with van der Waals surface area (Å²) in [6.07, 6.45) is 5.73. The Morgan fingerprint density at radius 3 is 2.94 bits per heavy atom. The first-order chi connectivity index (χ1) is 8.65. The monoisotopic (exact) mass is 250 g/mol. The lowest BCUT2D eigenvalue weighted by Crippen LogP contribution is -2.13. The van der Waals surface area contributed by atoms with E-state index in [-0.39, 0.29) is 5.97 Å². The molecule has 0 N–H and O–H groups in total. The van der Waals surface area contributed by atoms with E-state index in [4.69, 9.17) is 4.74 Å². The van der Waals surface area contributed by atoms with E-state index >= 15 is 0 Å². The molecule has 100 valence electrons. The van der Waals surface area contributed by atoms with Crippen molar-refractivity contribution in [2.24, 2.45) is 7.05 Å². The van der Waals surface area contributed by atoms with Crippen LogP contribution in [0.1, 0.15) is 67.2 Å². The maximum absolute atomic E-state index is 12.0. The highest BCUT2D eigenvalue weighted by Gasteiger charge is 2.26. The summed E-state index contributed by atoms with van der Waals surface area (Å²) in [4.78, 5) is 12.0. The number of esters is 1. The van der Waals surface area contributed by atoms with Gasteiger partial charge in [0.15, 0.2) is 0 Å². The van der Waals surface area contributed by atoms with Crippen LogP contribution in [0.15, 0.2) is 0 Å². The first-order valence-corrected chi connectivity index (χ1v) is 6.88.